The molecule has 0 aliphatic carbocycles. The molecule has 0 aliphatic heterocycles. The molecular formula is C13H11F2N3S. The fourth-order valence-electron chi connectivity index (χ4n) is 1.97. The maximum Gasteiger partial charge on any atom is 0.194 e. The van der Waals surface area contributed by atoms with Crippen LogP contribution in [-0.2, 0) is 6.54 Å². The van der Waals surface area contributed by atoms with Crippen molar-refractivity contribution >= 4 is 22.0 Å². The van der Waals surface area contributed by atoms with Gasteiger partial charge in [-0.15, -0.1) is 11.3 Å². The van der Waals surface area contributed by atoms with E-state index in [-0.39, 0.29) is 5.69 Å². The summed E-state index contributed by atoms with van der Waals surface area (Å²) in [5.74, 6) is -1.17. The Morgan fingerprint density at radius 2 is 2.21 bits per heavy atom. The van der Waals surface area contributed by atoms with Crippen molar-refractivity contribution in [2.75, 3.05) is 5.32 Å². The molecule has 0 bridgehead atoms. The molecule has 0 radical (unpaired) electrons. The van der Waals surface area contributed by atoms with E-state index in [1.54, 1.807) is 11.3 Å². The molecule has 3 nitrogen and oxygen atoms in total. The van der Waals surface area contributed by atoms with Crippen LogP contribution in [-0.4, -0.2) is 9.38 Å². The van der Waals surface area contributed by atoms with Crippen molar-refractivity contribution in [3.05, 3.63) is 52.8 Å². The summed E-state index contributed by atoms with van der Waals surface area (Å²) in [4.78, 5) is 5.32. The van der Waals surface area contributed by atoms with Crippen molar-refractivity contribution in [3.63, 3.8) is 0 Å². The average molecular weight is 279 g/mol. The highest BCUT2D eigenvalue weighted by atomic mass is 32.1. The van der Waals surface area contributed by atoms with Gasteiger partial charge < -0.3 is 5.32 Å². The lowest BCUT2D eigenvalue weighted by Gasteiger charge is -2.07. The van der Waals surface area contributed by atoms with Crippen LogP contribution in [0.15, 0.2) is 29.8 Å². The van der Waals surface area contributed by atoms with Crippen molar-refractivity contribution in [2.24, 2.45) is 0 Å². The highest BCUT2D eigenvalue weighted by Gasteiger charge is 2.10. The van der Waals surface area contributed by atoms with Crippen LogP contribution in [0.5, 0.6) is 0 Å². The second-order valence-electron chi connectivity index (χ2n) is 4.18. The number of imidazole rings is 1. The third-order valence-corrected chi connectivity index (χ3v) is 3.70. The predicted octanol–water partition coefficient (Wildman–Crippen LogP) is 3.59. The molecule has 3 aromatic rings. The molecule has 0 saturated carbocycles. The van der Waals surface area contributed by atoms with E-state index in [0.717, 1.165) is 22.4 Å². The quantitative estimate of drug-likeness (QED) is 0.794. The number of aromatic nitrogens is 2. The molecule has 1 N–H and O–H groups in total. The van der Waals surface area contributed by atoms with Gasteiger partial charge in [-0.1, -0.05) is 0 Å². The molecule has 0 aliphatic rings. The molecule has 2 aromatic heterocycles. The zero-order valence-electron chi connectivity index (χ0n) is 10.2. The van der Waals surface area contributed by atoms with E-state index in [1.807, 2.05) is 22.9 Å². The van der Waals surface area contributed by atoms with Gasteiger partial charge in [-0.05, 0) is 19.1 Å². The summed E-state index contributed by atoms with van der Waals surface area (Å²) >= 11 is 1.55. The van der Waals surface area contributed by atoms with Gasteiger partial charge in [0.05, 0.1) is 23.6 Å². The Kier molecular flexibility index (Phi) is 2.94. The largest absolute Gasteiger partial charge is 0.377 e. The minimum absolute atomic E-state index is 0.283. The molecule has 98 valence electrons. The number of rotatable bonds is 3. The van der Waals surface area contributed by atoms with E-state index in [9.17, 15) is 8.78 Å². The summed E-state index contributed by atoms with van der Waals surface area (Å²) in [5, 5.41) is 4.92. The highest BCUT2D eigenvalue weighted by Crippen LogP contribution is 2.20. The van der Waals surface area contributed by atoms with E-state index in [1.165, 1.54) is 12.1 Å². The summed E-state index contributed by atoms with van der Waals surface area (Å²) < 4.78 is 28.3. The Labute approximate surface area is 112 Å². The molecule has 0 fully saturated rings. The minimum Gasteiger partial charge on any atom is -0.377 e. The standard InChI is InChI=1S/C13H11F2N3S/c1-8-12(18-4-5-19-13(18)17-8)7-16-11-3-2-9(14)6-10(11)15/h2-6,16H,7H2,1H3. The molecule has 0 saturated heterocycles. The fourth-order valence-corrected chi connectivity index (χ4v) is 2.74. The summed E-state index contributed by atoms with van der Waals surface area (Å²) in [6.45, 7) is 2.35. The predicted molar refractivity (Wildman–Crippen MR) is 71.5 cm³/mol. The summed E-state index contributed by atoms with van der Waals surface area (Å²) in [6, 6.07) is 3.49. The van der Waals surface area contributed by atoms with Crippen molar-refractivity contribution < 1.29 is 8.78 Å². The molecular weight excluding hydrogens is 268 g/mol. The normalized spacial score (nSPS) is 11.1. The van der Waals surface area contributed by atoms with Crippen LogP contribution in [0.1, 0.15) is 11.4 Å². The number of anilines is 1. The molecule has 0 unspecified atom stereocenters. The zero-order chi connectivity index (χ0) is 13.4. The Morgan fingerprint density at radius 3 is 3.00 bits per heavy atom. The molecule has 2 heterocycles. The van der Waals surface area contributed by atoms with E-state index < -0.39 is 11.6 Å². The van der Waals surface area contributed by atoms with E-state index in [2.05, 4.69) is 10.3 Å². The maximum absolute atomic E-state index is 13.5. The van der Waals surface area contributed by atoms with Crippen molar-refractivity contribution in [1.29, 1.82) is 0 Å². The van der Waals surface area contributed by atoms with E-state index in [0.29, 0.717) is 6.54 Å². The van der Waals surface area contributed by atoms with Gasteiger partial charge >= 0.3 is 0 Å². The third-order valence-electron chi connectivity index (χ3n) is 2.94. The van der Waals surface area contributed by atoms with Crippen molar-refractivity contribution in [1.82, 2.24) is 9.38 Å². The third kappa shape index (κ3) is 2.19. The van der Waals surface area contributed by atoms with Crippen molar-refractivity contribution in [2.45, 2.75) is 13.5 Å². The number of benzene rings is 1. The Bertz CT molecular complexity index is 733. The van der Waals surface area contributed by atoms with Crippen LogP contribution in [0, 0.1) is 18.6 Å². The van der Waals surface area contributed by atoms with Gasteiger partial charge in [-0.25, -0.2) is 13.8 Å². The molecule has 1 aromatic carbocycles. The lowest BCUT2D eigenvalue weighted by molar-refractivity contribution is 0.585. The van der Waals surface area contributed by atoms with Crippen LogP contribution in [0.3, 0.4) is 0 Å². The number of nitrogens with zero attached hydrogens (tertiary/aromatic N) is 2. The molecule has 3 rings (SSSR count). The smallest absolute Gasteiger partial charge is 0.194 e. The lowest BCUT2D eigenvalue weighted by atomic mass is 10.2. The molecule has 0 spiro atoms. The average Bonchev–Trinajstić information content (AvgIpc) is 2.90. The van der Waals surface area contributed by atoms with Gasteiger partial charge in [0, 0.05) is 17.6 Å². The first-order valence-corrected chi connectivity index (χ1v) is 6.63. The van der Waals surface area contributed by atoms with Crippen LogP contribution < -0.4 is 5.32 Å². The van der Waals surface area contributed by atoms with Gasteiger partial charge in [-0.2, -0.15) is 0 Å². The zero-order valence-corrected chi connectivity index (χ0v) is 11.0. The molecule has 6 heteroatoms. The van der Waals surface area contributed by atoms with Crippen LogP contribution in [0.4, 0.5) is 14.5 Å². The van der Waals surface area contributed by atoms with Gasteiger partial charge in [0.25, 0.3) is 0 Å². The first kappa shape index (κ1) is 12.1. The van der Waals surface area contributed by atoms with Crippen LogP contribution in [0.2, 0.25) is 0 Å². The summed E-state index contributed by atoms with van der Waals surface area (Å²) in [7, 11) is 0. The van der Waals surface area contributed by atoms with E-state index in [4.69, 9.17) is 0 Å². The fraction of sp³-hybridized carbons (Fsp3) is 0.154. The van der Waals surface area contributed by atoms with Gasteiger partial charge in [-0.3, -0.25) is 4.40 Å². The number of aryl methyl sites for hydroxylation is 1. The van der Waals surface area contributed by atoms with Crippen LogP contribution in [0.25, 0.3) is 4.96 Å². The van der Waals surface area contributed by atoms with Crippen LogP contribution >= 0.6 is 11.3 Å². The monoisotopic (exact) mass is 279 g/mol. The number of nitrogens with one attached hydrogen (secondary N) is 1. The molecule has 0 amide bonds. The number of thiazole rings is 1. The first-order chi connectivity index (χ1) is 9.15. The summed E-state index contributed by atoms with van der Waals surface area (Å²) in [6.07, 6.45) is 1.93. The maximum atomic E-state index is 13.5. The van der Waals surface area contributed by atoms with Gasteiger partial charge in [0.15, 0.2) is 4.96 Å². The molecule has 0 atom stereocenters. The van der Waals surface area contributed by atoms with Gasteiger partial charge in [0.1, 0.15) is 11.6 Å². The number of fused-ring (bicyclic) bond motifs is 1. The van der Waals surface area contributed by atoms with E-state index >= 15 is 0 Å². The number of hydrogen-bond acceptors (Lipinski definition) is 3. The minimum atomic E-state index is -0.594. The lowest BCUT2D eigenvalue weighted by Crippen LogP contribution is -2.05. The topological polar surface area (TPSA) is 29.3 Å². The SMILES string of the molecule is Cc1nc2sccn2c1CNc1ccc(F)cc1F. The second-order valence-corrected chi connectivity index (χ2v) is 5.05. The highest BCUT2D eigenvalue weighted by molar-refractivity contribution is 7.15. The summed E-state index contributed by atoms with van der Waals surface area (Å²) in [5.41, 5.74) is 2.16. The Morgan fingerprint density at radius 1 is 1.37 bits per heavy atom. The molecule has 19 heavy (non-hydrogen) atoms. The van der Waals surface area contributed by atoms with Crippen molar-refractivity contribution in [3.8, 4) is 0 Å². The van der Waals surface area contributed by atoms with Gasteiger partial charge in [0.2, 0.25) is 0 Å². The first-order valence-electron chi connectivity index (χ1n) is 5.75. The number of hydrogen-bond donors (Lipinski definition) is 1. The Hall–Kier alpha value is -1.95. The Balaban J connectivity index is 1.85. The number of halogens is 2. The second kappa shape index (κ2) is 4.62.